The Morgan fingerprint density at radius 2 is 1.23 bits per heavy atom. The van der Waals surface area contributed by atoms with Crippen LogP contribution < -0.4 is 5.73 Å². The Hall–Kier alpha value is -4.04. The van der Waals surface area contributed by atoms with E-state index in [-0.39, 0.29) is 0 Å². The first kappa shape index (κ1) is 15.8. The molecule has 0 aliphatic carbocycles. The van der Waals surface area contributed by atoms with E-state index in [4.69, 9.17) is 5.73 Å². The van der Waals surface area contributed by atoms with E-state index in [0.717, 1.165) is 16.8 Å². The number of nitrogen functional groups attached to an aromatic ring is 1. The molecule has 0 spiro atoms. The topological polar surface area (TPSA) is 30.4 Å². The summed E-state index contributed by atoms with van der Waals surface area (Å²) in [7, 11) is 0. The van der Waals surface area contributed by atoms with Crippen LogP contribution >= 0.6 is 0 Å². The lowest BCUT2D eigenvalue weighted by molar-refractivity contribution is 1.37. The van der Waals surface area contributed by atoms with Crippen molar-refractivity contribution in [2.45, 2.75) is 0 Å². The summed E-state index contributed by atoms with van der Waals surface area (Å²) >= 11 is 0. The second-order valence-electron chi connectivity index (χ2n) is 8.08. The predicted octanol–water partition coefficient (Wildman–Crippen LogP) is 7.24. The average Bonchev–Trinajstić information content (AvgIpc) is 3.29. The van der Waals surface area contributed by atoms with Gasteiger partial charge in [-0.05, 0) is 46.7 Å². The molecule has 2 heteroatoms. The van der Waals surface area contributed by atoms with Gasteiger partial charge >= 0.3 is 0 Å². The molecule has 7 rings (SSSR count). The molecule has 2 aromatic heterocycles. The van der Waals surface area contributed by atoms with Crippen LogP contribution in [0.2, 0.25) is 0 Å². The lowest BCUT2D eigenvalue weighted by Crippen LogP contribution is -1.91. The molecule has 2 nitrogen and oxygen atoms in total. The Labute approximate surface area is 173 Å². The quantitative estimate of drug-likeness (QED) is 0.298. The van der Waals surface area contributed by atoms with Gasteiger partial charge in [0.25, 0.3) is 0 Å². The summed E-state index contributed by atoms with van der Waals surface area (Å²) in [6, 6.07) is 34.7. The second-order valence-corrected chi connectivity index (χ2v) is 8.08. The summed E-state index contributed by atoms with van der Waals surface area (Å²) in [6.45, 7) is 0. The van der Waals surface area contributed by atoms with Crippen LogP contribution in [0.1, 0.15) is 0 Å². The number of para-hydroxylation sites is 2. The zero-order valence-electron chi connectivity index (χ0n) is 16.3. The van der Waals surface area contributed by atoms with Crippen LogP contribution in [0, 0.1) is 0 Å². The van der Waals surface area contributed by atoms with Crippen molar-refractivity contribution in [1.29, 1.82) is 0 Å². The van der Waals surface area contributed by atoms with Crippen molar-refractivity contribution in [2.75, 3.05) is 5.73 Å². The molecule has 2 N–H and O–H groups in total. The summed E-state index contributed by atoms with van der Waals surface area (Å²) in [6.07, 6.45) is 0. The predicted molar refractivity (Wildman–Crippen MR) is 128 cm³/mol. The van der Waals surface area contributed by atoms with E-state index in [9.17, 15) is 0 Å². The molecule has 0 unspecified atom stereocenters. The second kappa shape index (κ2) is 5.52. The number of aromatic nitrogens is 1. The lowest BCUT2D eigenvalue weighted by atomic mass is 9.98. The maximum absolute atomic E-state index is 6.47. The average molecular weight is 382 g/mol. The molecule has 0 saturated heterocycles. The lowest BCUT2D eigenvalue weighted by Gasteiger charge is -2.09. The smallest absolute Gasteiger partial charge is 0.0620 e. The van der Waals surface area contributed by atoms with E-state index in [2.05, 4.69) is 95.4 Å². The molecule has 0 radical (unpaired) electrons. The zero-order chi connectivity index (χ0) is 19.8. The fourth-order valence-electron chi connectivity index (χ4n) is 5.11. The largest absolute Gasteiger partial charge is 0.398 e. The van der Waals surface area contributed by atoms with E-state index < -0.39 is 0 Å². The number of nitrogens with zero attached hydrogens (tertiary/aromatic N) is 1. The number of hydrogen-bond donors (Lipinski definition) is 1. The van der Waals surface area contributed by atoms with Gasteiger partial charge in [0.2, 0.25) is 0 Å². The summed E-state index contributed by atoms with van der Waals surface area (Å²) in [5.41, 5.74) is 13.3. The Morgan fingerprint density at radius 1 is 0.533 bits per heavy atom. The highest BCUT2D eigenvalue weighted by molar-refractivity contribution is 6.24. The molecule has 0 amide bonds. The van der Waals surface area contributed by atoms with E-state index in [1.165, 1.54) is 48.9 Å². The van der Waals surface area contributed by atoms with Crippen molar-refractivity contribution in [3.8, 4) is 11.1 Å². The first-order chi connectivity index (χ1) is 14.8. The van der Waals surface area contributed by atoms with Crippen LogP contribution in [-0.4, -0.2) is 4.40 Å². The monoisotopic (exact) mass is 382 g/mol. The number of benzene rings is 5. The van der Waals surface area contributed by atoms with Crippen LogP contribution in [0.3, 0.4) is 0 Å². The Morgan fingerprint density at radius 3 is 2.10 bits per heavy atom. The SMILES string of the molecule is Nc1cc2cc3c4cccc5c6ccccc6n(c3cc2cc1-c1ccccc1)c54. The van der Waals surface area contributed by atoms with Gasteiger partial charge in [0.15, 0.2) is 0 Å². The third-order valence-corrected chi connectivity index (χ3v) is 6.43. The van der Waals surface area contributed by atoms with Gasteiger partial charge in [0.1, 0.15) is 0 Å². The molecular weight excluding hydrogens is 364 g/mol. The van der Waals surface area contributed by atoms with Crippen molar-refractivity contribution >= 4 is 54.6 Å². The van der Waals surface area contributed by atoms with Gasteiger partial charge in [-0.15, -0.1) is 0 Å². The van der Waals surface area contributed by atoms with E-state index >= 15 is 0 Å². The maximum atomic E-state index is 6.47. The van der Waals surface area contributed by atoms with Crippen LogP contribution in [0.5, 0.6) is 0 Å². The Balaban J connectivity index is 1.66. The molecular formula is C28H18N2. The normalized spacial score (nSPS) is 12.1. The Bertz CT molecular complexity index is 1740. The van der Waals surface area contributed by atoms with Gasteiger partial charge in [0.05, 0.1) is 16.6 Å². The van der Waals surface area contributed by atoms with Crippen molar-refractivity contribution in [2.24, 2.45) is 0 Å². The number of hydrogen-bond acceptors (Lipinski definition) is 1. The molecule has 0 bridgehead atoms. The molecule has 0 saturated carbocycles. The van der Waals surface area contributed by atoms with Gasteiger partial charge in [-0.2, -0.15) is 0 Å². The fourth-order valence-corrected chi connectivity index (χ4v) is 5.11. The van der Waals surface area contributed by atoms with Gasteiger partial charge in [-0.3, -0.25) is 0 Å². The molecule has 0 atom stereocenters. The van der Waals surface area contributed by atoms with E-state index in [0.29, 0.717) is 0 Å². The standard InChI is InChI=1S/C28H18N2/c29-25-15-18-14-24-22-11-6-10-21-20-9-4-5-12-26(20)30(28(21)22)27(24)16-19(18)13-23(25)17-7-2-1-3-8-17/h1-16H,29H2. The van der Waals surface area contributed by atoms with E-state index in [1.807, 2.05) is 6.07 Å². The molecule has 0 aliphatic heterocycles. The molecule has 5 aromatic carbocycles. The highest BCUT2D eigenvalue weighted by atomic mass is 14.9. The van der Waals surface area contributed by atoms with Crippen molar-refractivity contribution < 1.29 is 0 Å². The summed E-state index contributed by atoms with van der Waals surface area (Å²) < 4.78 is 2.42. The van der Waals surface area contributed by atoms with Gasteiger partial charge in [0, 0.05) is 32.8 Å². The Kier molecular flexibility index (Phi) is 2.91. The van der Waals surface area contributed by atoms with E-state index in [1.54, 1.807) is 0 Å². The highest BCUT2D eigenvalue weighted by Gasteiger charge is 2.17. The van der Waals surface area contributed by atoms with Gasteiger partial charge in [-0.25, -0.2) is 0 Å². The third kappa shape index (κ3) is 1.93. The van der Waals surface area contributed by atoms with Crippen LogP contribution in [0.15, 0.2) is 97.1 Å². The fraction of sp³-hybridized carbons (Fsp3) is 0. The number of fused-ring (bicyclic) bond motifs is 7. The van der Waals surface area contributed by atoms with Gasteiger partial charge < -0.3 is 10.1 Å². The van der Waals surface area contributed by atoms with Crippen LogP contribution in [0.25, 0.3) is 60.0 Å². The summed E-state index contributed by atoms with van der Waals surface area (Å²) in [4.78, 5) is 0. The molecule has 0 fully saturated rings. The van der Waals surface area contributed by atoms with Crippen molar-refractivity contribution in [1.82, 2.24) is 4.40 Å². The number of rotatable bonds is 1. The molecule has 30 heavy (non-hydrogen) atoms. The molecule has 140 valence electrons. The maximum Gasteiger partial charge on any atom is 0.0620 e. The zero-order valence-corrected chi connectivity index (χ0v) is 16.3. The highest BCUT2D eigenvalue weighted by Crippen LogP contribution is 2.41. The van der Waals surface area contributed by atoms with Crippen molar-refractivity contribution in [3.05, 3.63) is 97.1 Å². The summed E-state index contributed by atoms with van der Waals surface area (Å²) in [5.74, 6) is 0. The minimum absolute atomic E-state index is 0.815. The first-order valence-corrected chi connectivity index (χ1v) is 10.3. The minimum atomic E-state index is 0.815. The third-order valence-electron chi connectivity index (χ3n) is 6.43. The molecule has 7 aromatic rings. The van der Waals surface area contributed by atoms with Crippen LogP contribution in [0.4, 0.5) is 5.69 Å². The number of nitrogens with two attached hydrogens (primary N) is 1. The van der Waals surface area contributed by atoms with Crippen LogP contribution in [-0.2, 0) is 0 Å². The molecule has 0 aliphatic rings. The van der Waals surface area contributed by atoms with Gasteiger partial charge in [-0.1, -0.05) is 66.7 Å². The first-order valence-electron chi connectivity index (χ1n) is 10.3. The minimum Gasteiger partial charge on any atom is -0.398 e. The summed E-state index contributed by atoms with van der Waals surface area (Å²) in [5, 5.41) is 7.58. The van der Waals surface area contributed by atoms with Crippen molar-refractivity contribution in [3.63, 3.8) is 0 Å². The molecule has 2 heterocycles. The number of anilines is 1.